The molecule has 0 radical (unpaired) electrons. The van der Waals surface area contributed by atoms with Crippen LogP contribution in [0.3, 0.4) is 0 Å². The molecule has 0 spiro atoms. The predicted octanol–water partition coefficient (Wildman–Crippen LogP) is 3.60. The molecule has 0 saturated carbocycles. The molecule has 1 aromatic heterocycles. The molecule has 1 heterocycles. The summed E-state index contributed by atoms with van der Waals surface area (Å²) in [5.41, 5.74) is 0.163. The van der Waals surface area contributed by atoms with E-state index in [1.54, 1.807) is 0 Å². The molecular formula is C13H7F4NO2. The zero-order valence-corrected chi connectivity index (χ0v) is 9.82. The molecule has 1 aromatic carbocycles. The second-order valence-electron chi connectivity index (χ2n) is 3.77. The molecule has 0 fully saturated rings. The summed E-state index contributed by atoms with van der Waals surface area (Å²) in [4.78, 5) is 14.4. The van der Waals surface area contributed by atoms with Crippen molar-refractivity contribution in [3.05, 3.63) is 47.9 Å². The minimum Gasteiger partial charge on any atom is -0.406 e. The van der Waals surface area contributed by atoms with Gasteiger partial charge >= 0.3 is 6.36 Å². The lowest BCUT2D eigenvalue weighted by molar-refractivity contribution is -0.274. The van der Waals surface area contributed by atoms with E-state index in [0.717, 1.165) is 18.2 Å². The fourth-order valence-corrected chi connectivity index (χ4v) is 1.61. The summed E-state index contributed by atoms with van der Waals surface area (Å²) >= 11 is 0. The van der Waals surface area contributed by atoms with Gasteiger partial charge in [-0.15, -0.1) is 13.2 Å². The number of carbonyl (C=O) groups excluding carboxylic acids is 1. The summed E-state index contributed by atoms with van der Waals surface area (Å²) in [7, 11) is 0. The first kappa shape index (κ1) is 14.0. The normalized spacial score (nSPS) is 11.2. The highest BCUT2D eigenvalue weighted by Gasteiger charge is 2.31. The number of halogens is 4. The van der Waals surface area contributed by atoms with Gasteiger partial charge in [-0.25, -0.2) is 4.98 Å². The molecule has 104 valence electrons. The fraction of sp³-hybridized carbons (Fsp3) is 0.0769. The smallest absolute Gasteiger partial charge is 0.406 e. The zero-order valence-electron chi connectivity index (χ0n) is 9.82. The number of hydrogen-bond acceptors (Lipinski definition) is 3. The van der Waals surface area contributed by atoms with Crippen LogP contribution in [0, 0.1) is 5.95 Å². The van der Waals surface area contributed by atoms with Crippen molar-refractivity contribution in [2.75, 3.05) is 0 Å². The molecule has 0 amide bonds. The number of carbonyl (C=O) groups is 1. The van der Waals surface area contributed by atoms with Crippen molar-refractivity contribution in [1.82, 2.24) is 4.98 Å². The summed E-state index contributed by atoms with van der Waals surface area (Å²) < 4.78 is 53.3. The molecular weight excluding hydrogens is 278 g/mol. The fourth-order valence-electron chi connectivity index (χ4n) is 1.61. The number of rotatable bonds is 3. The molecule has 3 nitrogen and oxygen atoms in total. The Kier molecular flexibility index (Phi) is 3.69. The lowest BCUT2D eigenvalue weighted by atomic mass is 10.1. The van der Waals surface area contributed by atoms with Gasteiger partial charge in [0.05, 0.1) is 5.69 Å². The number of benzene rings is 1. The highest BCUT2D eigenvalue weighted by molar-refractivity contribution is 5.85. The Morgan fingerprint density at radius 2 is 1.90 bits per heavy atom. The Balaban J connectivity index is 2.46. The van der Waals surface area contributed by atoms with Crippen molar-refractivity contribution >= 4 is 6.29 Å². The van der Waals surface area contributed by atoms with E-state index in [2.05, 4.69) is 9.72 Å². The predicted molar refractivity (Wildman–Crippen MR) is 61.7 cm³/mol. The van der Waals surface area contributed by atoms with Crippen LogP contribution in [0.5, 0.6) is 5.75 Å². The molecule has 0 atom stereocenters. The van der Waals surface area contributed by atoms with Crippen molar-refractivity contribution in [3.8, 4) is 17.0 Å². The zero-order chi connectivity index (χ0) is 14.8. The second-order valence-corrected chi connectivity index (χ2v) is 3.77. The maximum atomic E-state index is 13.1. The van der Waals surface area contributed by atoms with Crippen molar-refractivity contribution in [2.45, 2.75) is 6.36 Å². The minimum absolute atomic E-state index is 0.0485. The Hall–Kier alpha value is -2.44. The third-order valence-electron chi connectivity index (χ3n) is 2.36. The molecule has 0 aliphatic carbocycles. The van der Waals surface area contributed by atoms with Crippen LogP contribution >= 0.6 is 0 Å². The molecule has 0 saturated heterocycles. The highest BCUT2D eigenvalue weighted by Crippen LogP contribution is 2.28. The minimum atomic E-state index is -4.83. The Bertz CT molecular complexity index is 641. The van der Waals surface area contributed by atoms with Crippen LogP contribution in [0.15, 0.2) is 36.4 Å². The molecule has 2 rings (SSSR count). The van der Waals surface area contributed by atoms with Gasteiger partial charge in [0.15, 0.2) is 6.29 Å². The molecule has 0 aliphatic heterocycles. The molecule has 2 aromatic rings. The van der Waals surface area contributed by atoms with E-state index in [-0.39, 0.29) is 16.8 Å². The summed E-state index contributed by atoms with van der Waals surface area (Å²) in [6, 6.07) is 7.00. The lowest BCUT2D eigenvalue weighted by Crippen LogP contribution is -2.17. The SMILES string of the molecule is O=Cc1ccc(F)nc1-c1cccc(OC(F)(F)F)c1. The number of aromatic nitrogens is 1. The Morgan fingerprint density at radius 1 is 1.15 bits per heavy atom. The van der Waals surface area contributed by atoms with Crippen molar-refractivity contribution in [1.29, 1.82) is 0 Å². The molecule has 20 heavy (non-hydrogen) atoms. The van der Waals surface area contributed by atoms with E-state index in [9.17, 15) is 22.4 Å². The quantitative estimate of drug-likeness (QED) is 0.491. The van der Waals surface area contributed by atoms with E-state index in [1.807, 2.05) is 0 Å². The largest absolute Gasteiger partial charge is 0.573 e. The van der Waals surface area contributed by atoms with Gasteiger partial charge in [0.2, 0.25) is 5.95 Å². The summed E-state index contributed by atoms with van der Waals surface area (Å²) in [6.07, 6.45) is -4.39. The van der Waals surface area contributed by atoms with Gasteiger partial charge in [-0.2, -0.15) is 4.39 Å². The number of aldehydes is 1. The van der Waals surface area contributed by atoms with Crippen LogP contribution in [0.1, 0.15) is 10.4 Å². The van der Waals surface area contributed by atoms with Gasteiger partial charge in [0, 0.05) is 11.1 Å². The summed E-state index contributed by atoms with van der Waals surface area (Å²) in [6.45, 7) is 0. The second kappa shape index (κ2) is 5.28. The number of hydrogen-bond donors (Lipinski definition) is 0. The van der Waals surface area contributed by atoms with E-state index in [0.29, 0.717) is 6.29 Å². The van der Waals surface area contributed by atoms with Crippen LogP contribution in [-0.4, -0.2) is 17.6 Å². The van der Waals surface area contributed by atoms with Gasteiger partial charge in [0.1, 0.15) is 5.75 Å². The van der Waals surface area contributed by atoms with E-state index < -0.39 is 18.1 Å². The molecule has 0 aliphatic rings. The van der Waals surface area contributed by atoms with Gasteiger partial charge in [-0.1, -0.05) is 12.1 Å². The number of nitrogens with zero attached hydrogens (tertiary/aromatic N) is 1. The standard InChI is InChI=1S/C13H7F4NO2/c14-11-5-4-9(7-19)12(18-11)8-2-1-3-10(6-8)20-13(15,16)17/h1-7H. The van der Waals surface area contributed by atoms with Crippen LogP contribution in [0.25, 0.3) is 11.3 Å². The van der Waals surface area contributed by atoms with E-state index in [4.69, 9.17) is 0 Å². The van der Waals surface area contributed by atoms with Crippen molar-refractivity contribution in [3.63, 3.8) is 0 Å². The average molecular weight is 285 g/mol. The summed E-state index contributed by atoms with van der Waals surface area (Å²) in [5, 5.41) is 0. The van der Waals surface area contributed by atoms with Crippen LogP contribution in [-0.2, 0) is 0 Å². The van der Waals surface area contributed by atoms with Crippen molar-refractivity contribution < 1.29 is 27.1 Å². The third-order valence-corrected chi connectivity index (χ3v) is 2.36. The number of ether oxygens (including phenoxy) is 1. The first-order chi connectivity index (χ1) is 9.39. The van der Waals surface area contributed by atoms with Crippen LogP contribution < -0.4 is 4.74 Å². The first-order valence-electron chi connectivity index (χ1n) is 5.37. The molecule has 0 unspecified atom stereocenters. The maximum absolute atomic E-state index is 13.1. The highest BCUT2D eigenvalue weighted by atomic mass is 19.4. The van der Waals surface area contributed by atoms with Crippen LogP contribution in [0.2, 0.25) is 0 Å². The van der Waals surface area contributed by atoms with E-state index >= 15 is 0 Å². The maximum Gasteiger partial charge on any atom is 0.573 e. The van der Waals surface area contributed by atoms with Gasteiger partial charge in [-0.05, 0) is 24.3 Å². The monoisotopic (exact) mass is 285 g/mol. The molecule has 0 N–H and O–H groups in total. The average Bonchev–Trinajstić information content (AvgIpc) is 2.37. The van der Waals surface area contributed by atoms with E-state index in [1.165, 1.54) is 18.2 Å². The topological polar surface area (TPSA) is 39.2 Å². The lowest BCUT2D eigenvalue weighted by Gasteiger charge is -2.10. The number of alkyl halides is 3. The Morgan fingerprint density at radius 3 is 2.55 bits per heavy atom. The molecule has 7 heteroatoms. The number of pyridine rings is 1. The van der Waals surface area contributed by atoms with Gasteiger partial charge in [0.25, 0.3) is 0 Å². The van der Waals surface area contributed by atoms with Gasteiger partial charge in [-0.3, -0.25) is 4.79 Å². The summed E-state index contributed by atoms with van der Waals surface area (Å²) in [5.74, 6) is -1.31. The van der Waals surface area contributed by atoms with Crippen molar-refractivity contribution in [2.24, 2.45) is 0 Å². The first-order valence-corrected chi connectivity index (χ1v) is 5.37. The Labute approximate surface area is 110 Å². The molecule has 0 bridgehead atoms. The third kappa shape index (κ3) is 3.31. The van der Waals surface area contributed by atoms with Gasteiger partial charge < -0.3 is 4.74 Å². The van der Waals surface area contributed by atoms with Crippen LogP contribution in [0.4, 0.5) is 17.6 Å².